The van der Waals surface area contributed by atoms with Gasteiger partial charge in [-0.15, -0.1) is 0 Å². The number of nitrogens with one attached hydrogen (secondary N) is 1. The molecule has 4 heteroatoms. The van der Waals surface area contributed by atoms with Crippen LogP contribution in [-0.4, -0.2) is 50.7 Å². The van der Waals surface area contributed by atoms with Gasteiger partial charge in [0.1, 0.15) is 0 Å². The highest BCUT2D eigenvalue weighted by Gasteiger charge is 2.01. The second-order valence-electron chi connectivity index (χ2n) is 3.23. The first-order valence-electron chi connectivity index (χ1n) is 4.66. The van der Waals surface area contributed by atoms with E-state index in [0.717, 1.165) is 6.54 Å². The molecule has 80 valence electrons. The first-order valence-corrected chi connectivity index (χ1v) is 4.66. The average molecular weight is 191 g/mol. The van der Waals surface area contributed by atoms with Crippen molar-refractivity contribution >= 4 is 0 Å². The molecule has 0 saturated heterocycles. The number of hydrogen-bond acceptors (Lipinski definition) is 4. The lowest BCUT2D eigenvalue weighted by molar-refractivity contribution is 0.0568. The quantitative estimate of drug-likeness (QED) is 0.531. The lowest BCUT2D eigenvalue weighted by atomic mass is 10.4. The molecule has 2 N–H and O–H groups in total. The van der Waals surface area contributed by atoms with Crippen LogP contribution in [0.3, 0.4) is 0 Å². The summed E-state index contributed by atoms with van der Waals surface area (Å²) >= 11 is 0. The van der Waals surface area contributed by atoms with Crippen LogP contribution < -0.4 is 5.32 Å². The summed E-state index contributed by atoms with van der Waals surface area (Å²) in [6, 6.07) is 0. The third-order valence-corrected chi connectivity index (χ3v) is 1.47. The van der Waals surface area contributed by atoms with Gasteiger partial charge in [0.15, 0.2) is 0 Å². The highest BCUT2D eigenvalue weighted by Crippen LogP contribution is 1.85. The van der Waals surface area contributed by atoms with E-state index in [9.17, 15) is 5.11 Å². The number of methoxy groups -OCH3 is 1. The Morgan fingerprint density at radius 3 is 2.62 bits per heavy atom. The Bertz CT molecular complexity index is 109. The van der Waals surface area contributed by atoms with Crippen molar-refractivity contribution in [2.45, 2.75) is 26.1 Å². The molecule has 0 spiro atoms. The van der Waals surface area contributed by atoms with Crippen molar-refractivity contribution in [1.29, 1.82) is 0 Å². The van der Waals surface area contributed by atoms with E-state index < -0.39 is 6.10 Å². The van der Waals surface area contributed by atoms with Gasteiger partial charge in [0.2, 0.25) is 0 Å². The summed E-state index contributed by atoms with van der Waals surface area (Å²) in [6.45, 7) is 6.36. The smallest absolute Gasteiger partial charge is 0.0897 e. The molecule has 0 aromatic heterocycles. The number of ether oxygens (including phenoxy) is 2. The van der Waals surface area contributed by atoms with Crippen LogP contribution >= 0.6 is 0 Å². The van der Waals surface area contributed by atoms with Crippen LogP contribution in [-0.2, 0) is 9.47 Å². The molecule has 0 heterocycles. The molecular formula is C9H21NO3. The van der Waals surface area contributed by atoms with E-state index in [-0.39, 0.29) is 6.10 Å². The van der Waals surface area contributed by atoms with Crippen LogP contribution in [0.15, 0.2) is 0 Å². The topological polar surface area (TPSA) is 50.7 Å². The van der Waals surface area contributed by atoms with Crippen LogP contribution in [0.25, 0.3) is 0 Å². The molecule has 4 nitrogen and oxygen atoms in total. The summed E-state index contributed by atoms with van der Waals surface area (Å²) in [5.74, 6) is 0. The van der Waals surface area contributed by atoms with Gasteiger partial charge < -0.3 is 19.9 Å². The van der Waals surface area contributed by atoms with Gasteiger partial charge in [0.05, 0.1) is 25.4 Å². The molecule has 1 unspecified atom stereocenters. The minimum absolute atomic E-state index is 0.269. The van der Waals surface area contributed by atoms with Crippen molar-refractivity contribution in [3.63, 3.8) is 0 Å². The van der Waals surface area contributed by atoms with E-state index in [1.165, 1.54) is 0 Å². The average Bonchev–Trinajstić information content (AvgIpc) is 2.03. The van der Waals surface area contributed by atoms with E-state index in [1.807, 2.05) is 13.8 Å². The maximum atomic E-state index is 9.23. The third-order valence-electron chi connectivity index (χ3n) is 1.47. The number of hydrogen-bond donors (Lipinski definition) is 2. The normalized spacial score (nSPS) is 13.6. The second kappa shape index (κ2) is 8.44. The molecule has 0 saturated carbocycles. The molecule has 0 rings (SSSR count). The highest BCUT2D eigenvalue weighted by molar-refractivity contribution is 4.57. The fraction of sp³-hybridized carbons (Fsp3) is 1.00. The zero-order valence-electron chi connectivity index (χ0n) is 8.75. The van der Waals surface area contributed by atoms with E-state index in [0.29, 0.717) is 19.8 Å². The minimum atomic E-state index is -0.427. The number of aliphatic hydroxyl groups is 1. The number of aliphatic hydroxyl groups excluding tert-OH is 1. The van der Waals surface area contributed by atoms with E-state index in [4.69, 9.17) is 9.47 Å². The Hall–Kier alpha value is -0.160. The summed E-state index contributed by atoms with van der Waals surface area (Å²) in [7, 11) is 1.57. The molecule has 1 atom stereocenters. The van der Waals surface area contributed by atoms with Gasteiger partial charge in [-0.2, -0.15) is 0 Å². The van der Waals surface area contributed by atoms with Crippen molar-refractivity contribution in [2.24, 2.45) is 0 Å². The minimum Gasteiger partial charge on any atom is -0.389 e. The molecule has 0 aliphatic heterocycles. The molecular weight excluding hydrogens is 170 g/mol. The molecule has 0 fully saturated rings. The first-order chi connectivity index (χ1) is 6.16. The summed E-state index contributed by atoms with van der Waals surface area (Å²) < 4.78 is 10.1. The summed E-state index contributed by atoms with van der Waals surface area (Å²) in [4.78, 5) is 0. The van der Waals surface area contributed by atoms with Gasteiger partial charge in [-0.1, -0.05) is 0 Å². The summed E-state index contributed by atoms with van der Waals surface area (Å²) in [5, 5.41) is 12.3. The van der Waals surface area contributed by atoms with Crippen LogP contribution in [0.2, 0.25) is 0 Å². The van der Waals surface area contributed by atoms with Crippen molar-refractivity contribution in [3.05, 3.63) is 0 Å². The zero-order chi connectivity index (χ0) is 10.1. The van der Waals surface area contributed by atoms with Crippen LogP contribution in [0.1, 0.15) is 13.8 Å². The molecule has 0 aliphatic carbocycles. The largest absolute Gasteiger partial charge is 0.389 e. The molecule has 0 aliphatic rings. The van der Waals surface area contributed by atoms with Gasteiger partial charge >= 0.3 is 0 Å². The fourth-order valence-electron chi connectivity index (χ4n) is 0.887. The van der Waals surface area contributed by atoms with E-state index >= 15 is 0 Å². The van der Waals surface area contributed by atoms with Gasteiger partial charge in [-0.25, -0.2) is 0 Å². The van der Waals surface area contributed by atoms with Crippen molar-refractivity contribution in [1.82, 2.24) is 5.32 Å². The number of rotatable bonds is 8. The monoisotopic (exact) mass is 191 g/mol. The van der Waals surface area contributed by atoms with Gasteiger partial charge in [-0.05, 0) is 13.8 Å². The van der Waals surface area contributed by atoms with Gasteiger partial charge in [0, 0.05) is 20.2 Å². The Kier molecular flexibility index (Phi) is 8.33. The van der Waals surface area contributed by atoms with Crippen molar-refractivity contribution in [3.8, 4) is 0 Å². The van der Waals surface area contributed by atoms with Crippen molar-refractivity contribution < 1.29 is 14.6 Å². The summed E-state index contributed by atoms with van der Waals surface area (Å²) in [6.07, 6.45) is -0.158. The lowest BCUT2D eigenvalue weighted by Crippen LogP contribution is -2.32. The van der Waals surface area contributed by atoms with Gasteiger partial charge in [-0.3, -0.25) is 0 Å². The molecule has 0 bridgehead atoms. The standard InChI is InChI=1S/C9H21NO3/c1-8(2)13-5-4-10-6-9(11)7-12-3/h8-11H,4-7H2,1-3H3. The zero-order valence-corrected chi connectivity index (χ0v) is 8.75. The Labute approximate surface area is 80.2 Å². The predicted molar refractivity (Wildman–Crippen MR) is 51.8 cm³/mol. The second-order valence-corrected chi connectivity index (χ2v) is 3.23. The highest BCUT2D eigenvalue weighted by atomic mass is 16.5. The molecule has 0 aromatic carbocycles. The molecule has 0 radical (unpaired) electrons. The molecule has 0 amide bonds. The SMILES string of the molecule is COCC(O)CNCCOC(C)C. The van der Waals surface area contributed by atoms with Crippen molar-refractivity contribution in [2.75, 3.05) is 33.4 Å². The lowest BCUT2D eigenvalue weighted by Gasteiger charge is -2.11. The Balaban J connectivity index is 3.06. The van der Waals surface area contributed by atoms with Crippen LogP contribution in [0, 0.1) is 0 Å². The molecule has 0 aromatic rings. The predicted octanol–water partition coefficient (Wildman–Crippen LogP) is 0.00830. The Morgan fingerprint density at radius 1 is 1.38 bits per heavy atom. The molecule has 13 heavy (non-hydrogen) atoms. The van der Waals surface area contributed by atoms with E-state index in [2.05, 4.69) is 5.32 Å². The third kappa shape index (κ3) is 9.76. The van der Waals surface area contributed by atoms with Crippen LogP contribution in [0.4, 0.5) is 0 Å². The Morgan fingerprint density at radius 2 is 2.08 bits per heavy atom. The fourth-order valence-corrected chi connectivity index (χ4v) is 0.887. The summed E-state index contributed by atoms with van der Waals surface area (Å²) in [5.41, 5.74) is 0. The van der Waals surface area contributed by atoms with Gasteiger partial charge in [0.25, 0.3) is 0 Å². The van der Waals surface area contributed by atoms with E-state index in [1.54, 1.807) is 7.11 Å². The first kappa shape index (κ1) is 12.8. The maximum absolute atomic E-state index is 9.23. The maximum Gasteiger partial charge on any atom is 0.0897 e. The van der Waals surface area contributed by atoms with Crippen LogP contribution in [0.5, 0.6) is 0 Å².